The lowest BCUT2D eigenvalue weighted by molar-refractivity contribution is 0.359. The van der Waals surface area contributed by atoms with Gasteiger partial charge in [0.05, 0.1) is 17.8 Å². The summed E-state index contributed by atoms with van der Waals surface area (Å²) >= 11 is 0. The lowest BCUT2D eigenvalue weighted by atomic mass is 9.98. The fourth-order valence-corrected chi connectivity index (χ4v) is 3.15. The van der Waals surface area contributed by atoms with Crippen LogP contribution in [0.2, 0.25) is 0 Å². The van der Waals surface area contributed by atoms with Crippen molar-refractivity contribution in [2.75, 3.05) is 0 Å². The second kappa shape index (κ2) is 4.97. The Morgan fingerprint density at radius 2 is 2.11 bits per heavy atom. The lowest BCUT2D eigenvalue weighted by Crippen LogP contribution is -2.45. The molecule has 2 rings (SSSR count). The van der Waals surface area contributed by atoms with E-state index >= 15 is 0 Å². The number of nitrogens with one attached hydrogen (secondary N) is 1. The zero-order chi connectivity index (χ0) is 14.2. The molecule has 1 heterocycles. The second-order valence-corrected chi connectivity index (χ2v) is 6.13. The predicted molar refractivity (Wildman–Crippen MR) is 75.9 cm³/mol. The SMILES string of the molecule is Cc1nn(C2CCC(C#N)(NC(C)C)C2)c(C)c1C. The number of nitrogens with zero attached hydrogens (tertiary/aromatic N) is 3. The summed E-state index contributed by atoms with van der Waals surface area (Å²) in [7, 11) is 0. The highest BCUT2D eigenvalue weighted by atomic mass is 15.3. The molecule has 104 valence electrons. The van der Waals surface area contributed by atoms with E-state index in [0.29, 0.717) is 12.1 Å². The number of rotatable bonds is 3. The molecular weight excluding hydrogens is 236 g/mol. The van der Waals surface area contributed by atoms with E-state index in [-0.39, 0.29) is 5.54 Å². The summed E-state index contributed by atoms with van der Waals surface area (Å²) in [6.07, 6.45) is 2.78. The van der Waals surface area contributed by atoms with Gasteiger partial charge in [-0.1, -0.05) is 0 Å². The van der Waals surface area contributed by atoms with Crippen LogP contribution in [0.4, 0.5) is 0 Å². The molecule has 1 aliphatic rings. The zero-order valence-electron chi connectivity index (χ0n) is 12.6. The summed E-state index contributed by atoms with van der Waals surface area (Å²) in [6.45, 7) is 10.5. The van der Waals surface area contributed by atoms with Crippen molar-refractivity contribution in [3.8, 4) is 6.07 Å². The van der Waals surface area contributed by atoms with Crippen molar-refractivity contribution in [1.82, 2.24) is 15.1 Å². The largest absolute Gasteiger partial charge is 0.297 e. The van der Waals surface area contributed by atoms with Crippen LogP contribution in [-0.2, 0) is 0 Å². The fraction of sp³-hybridized carbons (Fsp3) is 0.733. The minimum absolute atomic E-state index is 0.334. The van der Waals surface area contributed by atoms with Gasteiger partial charge in [-0.15, -0.1) is 0 Å². The number of aryl methyl sites for hydroxylation is 1. The summed E-state index contributed by atoms with van der Waals surface area (Å²) in [5.41, 5.74) is 3.23. The van der Waals surface area contributed by atoms with E-state index in [4.69, 9.17) is 0 Å². The molecule has 2 atom stereocenters. The monoisotopic (exact) mass is 260 g/mol. The summed E-state index contributed by atoms with van der Waals surface area (Å²) in [6, 6.07) is 3.18. The molecule has 2 unspecified atom stereocenters. The van der Waals surface area contributed by atoms with Crippen molar-refractivity contribution in [1.29, 1.82) is 5.26 Å². The van der Waals surface area contributed by atoms with E-state index in [0.717, 1.165) is 25.0 Å². The molecule has 0 aromatic carbocycles. The first-order valence-electron chi connectivity index (χ1n) is 7.10. The van der Waals surface area contributed by atoms with Gasteiger partial charge in [0.2, 0.25) is 0 Å². The van der Waals surface area contributed by atoms with Crippen molar-refractivity contribution in [3.63, 3.8) is 0 Å². The first-order valence-corrected chi connectivity index (χ1v) is 7.10. The summed E-state index contributed by atoms with van der Waals surface area (Å²) < 4.78 is 2.13. The van der Waals surface area contributed by atoms with Gasteiger partial charge in [0.15, 0.2) is 0 Å². The van der Waals surface area contributed by atoms with Gasteiger partial charge in [-0.05, 0) is 53.0 Å². The quantitative estimate of drug-likeness (QED) is 0.909. The van der Waals surface area contributed by atoms with Crippen LogP contribution in [0.3, 0.4) is 0 Å². The van der Waals surface area contributed by atoms with Crippen LogP contribution in [0.25, 0.3) is 0 Å². The minimum atomic E-state index is -0.376. The molecule has 1 aromatic rings. The third kappa shape index (κ3) is 2.52. The average Bonchev–Trinajstić information content (AvgIpc) is 2.87. The van der Waals surface area contributed by atoms with Crippen LogP contribution in [0.1, 0.15) is 56.1 Å². The van der Waals surface area contributed by atoms with Crippen LogP contribution >= 0.6 is 0 Å². The van der Waals surface area contributed by atoms with Gasteiger partial charge in [-0.2, -0.15) is 10.4 Å². The molecule has 0 aliphatic heterocycles. The van der Waals surface area contributed by atoms with Crippen molar-refractivity contribution >= 4 is 0 Å². The van der Waals surface area contributed by atoms with Gasteiger partial charge in [0, 0.05) is 18.2 Å². The highest BCUT2D eigenvalue weighted by Crippen LogP contribution is 2.38. The van der Waals surface area contributed by atoms with Crippen LogP contribution in [-0.4, -0.2) is 21.4 Å². The molecular formula is C15H24N4. The second-order valence-electron chi connectivity index (χ2n) is 6.13. The summed E-state index contributed by atoms with van der Waals surface area (Å²) in [4.78, 5) is 0. The van der Waals surface area contributed by atoms with Gasteiger partial charge < -0.3 is 0 Å². The first kappa shape index (κ1) is 14.1. The van der Waals surface area contributed by atoms with Crippen molar-refractivity contribution < 1.29 is 0 Å². The molecule has 0 radical (unpaired) electrons. The van der Waals surface area contributed by atoms with Crippen molar-refractivity contribution in [3.05, 3.63) is 17.0 Å². The van der Waals surface area contributed by atoms with E-state index in [9.17, 15) is 5.26 Å². The molecule has 0 amide bonds. The smallest absolute Gasteiger partial charge is 0.109 e. The molecule has 0 bridgehead atoms. The van der Waals surface area contributed by atoms with E-state index in [1.165, 1.54) is 11.3 Å². The molecule has 0 saturated heterocycles. The molecule has 1 aromatic heterocycles. The highest BCUT2D eigenvalue weighted by Gasteiger charge is 2.41. The molecule has 19 heavy (non-hydrogen) atoms. The fourth-order valence-electron chi connectivity index (χ4n) is 3.15. The van der Waals surface area contributed by atoms with E-state index in [2.05, 4.69) is 55.8 Å². The minimum Gasteiger partial charge on any atom is -0.297 e. The topological polar surface area (TPSA) is 53.6 Å². The normalized spacial score (nSPS) is 26.9. The number of aromatic nitrogens is 2. The average molecular weight is 260 g/mol. The van der Waals surface area contributed by atoms with Gasteiger partial charge >= 0.3 is 0 Å². The Kier molecular flexibility index (Phi) is 3.69. The van der Waals surface area contributed by atoms with E-state index in [1.54, 1.807) is 0 Å². The Morgan fingerprint density at radius 3 is 2.58 bits per heavy atom. The third-order valence-corrected chi connectivity index (χ3v) is 4.30. The van der Waals surface area contributed by atoms with E-state index in [1.807, 2.05) is 0 Å². The summed E-state index contributed by atoms with van der Waals surface area (Å²) in [5, 5.41) is 17.6. The Balaban J connectivity index is 2.22. The number of hydrogen-bond acceptors (Lipinski definition) is 3. The molecule has 1 aliphatic carbocycles. The predicted octanol–water partition coefficient (Wildman–Crippen LogP) is 2.79. The molecule has 0 spiro atoms. The van der Waals surface area contributed by atoms with E-state index < -0.39 is 0 Å². The van der Waals surface area contributed by atoms with Crippen LogP contribution in [0.15, 0.2) is 0 Å². The van der Waals surface area contributed by atoms with Gasteiger partial charge in [-0.25, -0.2) is 0 Å². The molecule has 4 nitrogen and oxygen atoms in total. The zero-order valence-corrected chi connectivity index (χ0v) is 12.6. The van der Waals surface area contributed by atoms with Gasteiger partial charge in [-0.3, -0.25) is 10.00 Å². The lowest BCUT2D eigenvalue weighted by Gasteiger charge is -2.25. The molecule has 1 N–H and O–H groups in total. The molecule has 1 saturated carbocycles. The Hall–Kier alpha value is -1.34. The maximum absolute atomic E-state index is 9.52. The number of nitriles is 1. The number of hydrogen-bond donors (Lipinski definition) is 1. The molecule has 1 fully saturated rings. The standard InChI is InChI=1S/C15H24N4/c1-10(2)17-15(9-16)7-6-14(8-15)19-13(5)11(3)12(4)18-19/h10,14,17H,6-8H2,1-5H3. The van der Waals surface area contributed by atoms with Gasteiger partial charge in [0.1, 0.15) is 5.54 Å². The third-order valence-electron chi connectivity index (χ3n) is 4.30. The maximum atomic E-state index is 9.52. The first-order chi connectivity index (χ1) is 8.88. The van der Waals surface area contributed by atoms with Gasteiger partial charge in [0.25, 0.3) is 0 Å². The summed E-state index contributed by atoms with van der Waals surface area (Å²) in [5.74, 6) is 0. The van der Waals surface area contributed by atoms with Crippen LogP contribution < -0.4 is 5.32 Å². The van der Waals surface area contributed by atoms with Crippen LogP contribution in [0, 0.1) is 32.1 Å². The Labute approximate surface area is 115 Å². The Morgan fingerprint density at radius 1 is 1.42 bits per heavy atom. The van der Waals surface area contributed by atoms with Crippen molar-refractivity contribution in [2.24, 2.45) is 0 Å². The van der Waals surface area contributed by atoms with Crippen molar-refractivity contribution in [2.45, 2.75) is 71.5 Å². The molecule has 4 heteroatoms. The Bertz CT molecular complexity index is 509. The maximum Gasteiger partial charge on any atom is 0.109 e. The van der Waals surface area contributed by atoms with Crippen LogP contribution in [0.5, 0.6) is 0 Å². The highest BCUT2D eigenvalue weighted by molar-refractivity contribution is 5.24.